The minimum absolute atomic E-state index is 0.263. The number of phenolic OH excluding ortho intramolecular Hbond substituents is 1. The molecule has 1 aliphatic heterocycles. The van der Waals surface area contributed by atoms with Crippen molar-refractivity contribution in [1.29, 1.82) is 0 Å². The van der Waals surface area contributed by atoms with E-state index in [1.54, 1.807) is 12.1 Å². The van der Waals surface area contributed by atoms with Gasteiger partial charge in [-0.3, -0.25) is 0 Å². The highest BCUT2D eigenvalue weighted by Gasteiger charge is 2.37. The minimum Gasteiger partial charge on any atom is -0.508 e. The smallest absolute Gasteiger partial charge is 0.115 e. The van der Waals surface area contributed by atoms with Crippen LogP contribution in [0.25, 0.3) is 0 Å². The Bertz CT molecular complexity index is 708. The zero-order valence-electron chi connectivity index (χ0n) is 11.5. The highest BCUT2D eigenvalue weighted by Crippen LogP contribution is 2.50. The molecule has 1 heterocycles. The second-order valence-electron chi connectivity index (χ2n) is 5.80. The molecule has 2 aromatic carbocycles. The third-order valence-electron chi connectivity index (χ3n) is 4.58. The molecule has 0 fully saturated rings. The molecule has 0 radical (unpaired) electrons. The molecule has 0 amide bonds. The van der Waals surface area contributed by atoms with Crippen LogP contribution in [0.5, 0.6) is 5.75 Å². The van der Waals surface area contributed by atoms with E-state index in [1.165, 1.54) is 11.1 Å². The molecule has 3 heteroatoms. The average molecular weight is 298 g/mol. The molecule has 0 bridgehead atoms. The summed E-state index contributed by atoms with van der Waals surface area (Å²) >= 11 is 6.16. The number of benzene rings is 2. The molecule has 0 spiro atoms. The predicted octanol–water partition coefficient (Wildman–Crippen LogP) is 4.87. The number of rotatable bonds is 1. The van der Waals surface area contributed by atoms with Crippen molar-refractivity contribution in [3.8, 4) is 5.75 Å². The van der Waals surface area contributed by atoms with E-state index in [0.717, 1.165) is 17.1 Å². The maximum absolute atomic E-state index is 9.48. The van der Waals surface area contributed by atoms with Crippen LogP contribution in [0.3, 0.4) is 0 Å². The van der Waals surface area contributed by atoms with Crippen LogP contribution in [-0.2, 0) is 0 Å². The summed E-state index contributed by atoms with van der Waals surface area (Å²) < 4.78 is 0. The standard InChI is InChI=1S/C18H16ClNO/c19-12-6-9-17-16(10-12)14-2-1-3-15(14)18(20-17)11-4-7-13(21)8-5-11/h1-2,4-10,14-15,18,20-21H,3H2. The van der Waals surface area contributed by atoms with E-state index >= 15 is 0 Å². The third-order valence-corrected chi connectivity index (χ3v) is 4.81. The van der Waals surface area contributed by atoms with Crippen LogP contribution in [0.4, 0.5) is 5.69 Å². The number of aromatic hydroxyl groups is 1. The van der Waals surface area contributed by atoms with Gasteiger partial charge in [0.1, 0.15) is 5.75 Å². The molecule has 4 rings (SSSR count). The zero-order chi connectivity index (χ0) is 14.4. The molecular weight excluding hydrogens is 282 g/mol. The van der Waals surface area contributed by atoms with Gasteiger partial charge in [0.15, 0.2) is 0 Å². The van der Waals surface area contributed by atoms with E-state index in [0.29, 0.717) is 17.6 Å². The predicted molar refractivity (Wildman–Crippen MR) is 85.9 cm³/mol. The Morgan fingerprint density at radius 1 is 1.10 bits per heavy atom. The summed E-state index contributed by atoms with van der Waals surface area (Å²) in [5, 5.41) is 13.9. The monoisotopic (exact) mass is 297 g/mol. The molecule has 21 heavy (non-hydrogen) atoms. The topological polar surface area (TPSA) is 32.3 Å². The number of halogens is 1. The summed E-state index contributed by atoms with van der Waals surface area (Å²) in [5.74, 6) is 1.22. The number of allylic oxidation sites excluding steroid dienone is 2. The molecule has 3 atom stereocenters. The Hall–Kier alpha value is -1.93. The molecule has 3 unspecified atom stereocenters. The molecule has 0 aromatic heterocycles. The van der Waals surface area contributed by atoms with Gasteiger partial charge in [-0.2, -0.15) is 0 Å². The minimum atomic E-state index is 0.263. The van der Waals surface area contributed by atoms with Crippen LogP contribution in [0.15, 0.2) is 54.6 Å². The summed E-state index contributed by atoms with van der Waals surface area (Å²) in [5.41, 5.74) is 3.66. The molecular formula is C18H16ClNO. The van der Waals surface area contributed by atoms with Crippen molar-refractivity contribution < 1.29 is 5.11 Å². The molecule has 106 valence electrons. The lowest BCUT2D eigenvalue weighted by Gasteiger charge is -2.37. The van der Waals surface area contributed by atoms with Crippen molar-refractivity contribution in [1.82, 2.24) is 0 Å². The normalized spacial score (nSPS) is 26.0. The van der Waals surface area contributed by atoms with Crippen molar-refractivity contribution in [3.63, 3.8) is 0 Å². The zero-order valence-corrected chi connectivity index (χ0v) is 12.2. The maximum atomic E-state index is 9.48. The van der Waals surface area contributed by atoms with Crippen molar-refractivity contribution in [2.45, 2.75) is 18.4 Å². The molecule has 2 aliphatic rings. The number of hydrogen-bond donors (Lipinski definition) is 2. The SMILES string of the molecule is Oc1ccc(C2Nc3ccc(Cl)cc3C3C=CCC32)cc1. The van der Waals surface area contributed by atoms with Gasteiger partial charge in [-0.1, -0.05) is 35.9 Å². The summed E-state index contributed by atoms with van der Waals surface area (Å²) in [6, 6.07) is 13.8. The lowest BCUT2D eigenvalue weighted by atomic mass is 9.77. The van der Waals surface area contributed by atoms with Crippen molar-refractivity contribution >= 4 is 17.3 Å². The van der Waals surface area contributed by atoms with Gasteiger partial charge in [0.25, 0.3) is 0 Å². The van der Waals surface area contributed by atoms with Crippen molar-refractivity contribution in [2.75, 3.05) is 5.32 Å². The first-order valence-corrected chi connectivity index (χ1v) is 7.62. The largest absolute Gasteiger partial charge is 0.508 e. The van der Waals surface area contributed by atoms with Crippen LogP contribution in [0.1, 0.15) is 29.5 Å². The summed E-state index contributed by atoms with van der Waals surface area (Å²) in [4.78, 5) is 0. The fourth-order valence-corrected chi connectivity index (χ4v) is 3.76. The first-order chi connectivity index (χ1) is 10.2. The fourth-order valence-electron chi connectivity index (χ4n) is 3.58. The van der Waals surface area contributed by atoms with Gasteiger partial charge in [0.05, 0.1) is 6.04 Å². The van der Waals surface area contributed by atoms with Gasteiger partial charge >= 0.3 is 0 Å². The number of fused-ring (bicyclic) bond motifs is 3. The summed E-state index contributed by atoms with van der Waals surface area (Å²) in [6.45, 7) is 0. The Morgan fingerprint density at radius 3 is 2.71 bits per heavy atom. The molecule has 2 N–H and O–H groups in total. The number of nitrogens with one attached hydrogen (secondary N) is 1. The second-order valence-corrected chi connectivity index (χ2v) is 6.24. The highest BCUT2D eigenvalue weighted by atomic mass is 35.5. The van der Waals surface area contributed by atoms with Crippen molar-refractivity contribution in [2.24, 2.45) is 5.92 Å². The van der Waals surface area contributed by atoms with E-state index in [9.17, 15) is 5.11 Å². The summed E-state index contributed by atoms with van der Waals surface area (Å²) in [7, 11) is 0. The van der Waals surface area contributed by atoms with Gasteiger partial charge in [-0.05, 0) is 53.8 Å². The number of hydrogen-bond acceptors (Lipinski definition) is 2. The van der Waals surface area contributed by atoms with E-state index < -0.39 is 0 Å². The quantitative estimate of drug-likeness (QED) is 0.736. The Morgan fingerprint density at radius 2 is 1.90 bits per heavy atom. The lowest BCUT2D eigenvalue weighted by Crippen LogP contribution is -2.28. The molecule has 2 aromatic rings. The lowest BCUT2D eigenvalue weighted by molar-refractivity contribution is 0.424. The molecule has 1 aliphatic carbocycles. The van der Waals surface area contributed by atoms with E-state index in [1.807, 2.05) is 18.2 Å². The van der Waals surface area contributed by atoms with E-state index in [4.69, 9.17) is 11.6 Å². The molecule has 0 saturated carbocycles. The van der Waals surface area contributed by atoms with Crippen LogP contribution in [0, 0.1) is 5.92 Å². The Balaban J connectivity index is 1.78. The van der Waals surface area contributed by atoms with Gasteiger partial charge < -0.3 is 10.4 Å². The fraction of sp³-hybridized carbons (Fsp3) is 0.222. The molecule has 2 nitrogen and oxygen atoms in total. The van der Waals surface area contributed by atoms with Crippen LogP contribution < -0.4 is 5.32 Å². The van der Waals surface area contributed by atoms with Crippen molar-refractivity contribution in [3.05, 3.63) is 70.8 Å². The Labute approximate surface area is 129 Å². The van der Waals surface area contributed by atoms with Gasteiger partial charge in [0, 0.05) is 16.6 Å². The Kier molecular flexibility index (Phi) is 2.93. The van der Waals surface area contributed by atoms with Gasteiger partial charge in [-0.25, -0.2) is 0 Å². The second kappa shape index (κ2) is 4.81. The number of phenols is 1. The first-order valence-electron chi connectivity index (χ1n) is 7.24. The van der Waals surface area contributed by atoms with Crippen LogP contribution in [0.2, 0.25) is 5.02 Å². The van der Waals surface area contributed by atoms with E-state index in [2.05, 4.69) is 29.6 Å². The van der Waals surface area contributed by atoms with Crippen LogP contribution in [-0.4, -0.2) is 5.11 Å². The summed E-state index contributed by atoms with van der Waals surface area (Å²) in [6.07, 6.45) is 5.63. The first kappa shape index (κ1) is 12.8. The molecule has 0 saturated heterocycles. The highest BCUT2D eigenvalue weighted by molar-refractivity contribution is 6.30. The number of anilines is 1. The van der Waals surface area contributed by atoms with Gasteiger partial charge in [0.2, 0.25) is 0 Å². The third kappa shape index (κ3) is 2.11. The maximum Gasteiger partial charge on any atom is 0.115 e. The van der Waals surface area contributed by atoms with Gasteiger partial charge in [-0.15, -0.1) is 0 Å². The average Bonchev–Trinajstić information content (AvgIpc) is 2.97. The van der Waals surface area contributed by atoms with Crippen LogP contribution >= 0.6 is 11.6 Å². The van der Waals surface area contributed by atoms with E-state index in [-0.39, 0.29) is 6.04 Å².